The molecule has 1 aliphatic heterocycles. The van der Waals surface area contributed by atoms with Crippen molar-refractivity contribution in [3.8, 4) is 0 Å². The highest BCUT2D eigenvalue weighted by Crippen LogP contribution is 2.32. The molecule has 0 bridgehead atoms. The molecule has 5 nitrogen and oxygen atoms in total. The van der Waals surface area contributed by atoms with Crippen molar-refractivity contribution in [3.05, 3.63) is 14.7 Å². The van der Waals surface area contributed by atoms with Gasteiger partial charge in [0, 0.05) is 30.1 Å². The summed E-state index contributed by atoms with van der Waals surface area (Å²) in [6.45, 7) is 5.84. The highest BCUT2D eigenvalue weighted by Gasteiger charge is 2.26. The number of nitrogens with one attached hydrogen (secondary N) is 2. The van der Waals surface area contributed by atoms with E-state index in [4.69, 9.17) is 4.74 Å². The van der Waals surface area contributed by atoms with Crippen LogP contribution in [0.2, 0.25) is 0 Å². The van der Waals surface area contributed by atoms with E-state index in [1.165, 1.54) is 11.3 Å². The van der Waals surface area contributed by atoms with E-state index in [1.54, 1.807) is 6.07 Å². The van der Waals surface area contributed by atoms with Crippen molar-refractivity contribution < 1.29 is 13.2 Å². The van der Waals surface area contributed by atoms with Gasteiger partial charge < -0.3 is 10.1 Å². The molecule has 0 saturated carbocycles. The highest BCUT2D eigenvalue weighted by molar-refractivity contribution is 9.11. The smallest absolute Gasteiger partial charge is 0.242 e. The Morgan fingerprint density at radius 3 is 2.90 bits per heavy atom. The van der Waals surface area contributed by atoms with Gasteiger partial charge in [-0.3, -0.25) is 0 Å². The molecule has 1 aliphatic rings. The molecule has 0 aromatic carbocycles. The number of hydrogen-bond acceptors (Lipinski definition) is 5. The minimum absolute atomic E-state index is 0.121. The van der Waals surface area contributed by atoms with Crippen LogP contribution in [0, 0.1) is 0 Å². The molecular weight excluding hydrogens is 364 g/mol. The summed E-state index contributed by atoms with van der Waals surface area (Å²) in [4.78, 5) is 1.31. The molecule has 0 spiro atoms. The first kappa shape index (κ1) is 16.4. The van der Waals surface area contributed by atoms with Gasteiger partial charge in [-0.05, 0) is 28.4 Å². The number of rotatable bonds is 6. The molecule has 20 heavy (non-hydrogen) atoms. The van der Waals surface area contributed by atoms with Gasteiger partial charge in [0.2, 0.25) is 10.0 Å². The fraction of sp³-hybridized carbons (Fsp3) is 0.667. The molecule has 1 aromatic rings. The molecule has 114 valence electrons. The quantitative estimate of drug-likeness (QED) is 0.790. The zero-order valence-electron chi connectivity index (χ0n) is 11.5. The second-order valence-electron chi connectivity index (χ2n) is 5.07. The summed E-state index contributed by atoms with van der Waals surface area (Å²) >= 11 is 4.79. The van der Waals surface area contributed by atoms with Gasteiger partial charge >= 0.3 is 0 Å². The van der Waals surface area contributed by atoms with E-state index in [1.807, 2.05) is 0 Å². The third kappa shape index (κ3) is 4.25. The van der Waals surface area contributed by atoms with E-state index in [9.17, 15) is 8.42 Å². The van der Waals surface area contributed by atoms with E-state index >= 15 is 0 Å². The number of thiophene rings is 1. The SMILES string of the molecule is CC(C)NCc1cc(S(=O)(=O)NC2CCOC2)c(Br)s1. The van der Waals surface area contributed by atoms with Crippen LogP contribution in [-0.2, 0) is 21.3 Å². The van der Waals surface area contributed by atoms with Crippen molar-refractivity contribution in [2.75, 3.05) is 13.2 Å². The molecule has 1 unspecified atom stereocenters. The summed E-state index contributed by atoms with van der Waals surface area (Å²) in [6.07, 6.45) is 0.725. The molecule has 1 fully saturated rings. The molecule has 2 N–H and O–H groups in total. The lowest BCUT2D eigenvalue weighted by molar-refractivity contribution is 0.192. The molecule has 0 aliphatic carbocycles. The number of sulfonamides is 1. The van der Waals surface area contributed by atoms with E-state index in [-0.39, 0.29) is 6.04 Å². The average molecular weight is 383 g/mol. The maximum absolute atomic E-state index is 12.4. The van der Waals surface area contributed by atoms with Gasteiger partial charge in [-0.15, -0.1) is 11.3 Å². The predicted octanol–water partition coefficient (Wildman–Crippen LogP) is 2.08. The molecule has 1 aromatic heterocycles. The fourth-order valence-corrected chi connectivity index (χ4v) is 5.77. The lowest BCUT2D eigenvalue weighted by Gasteiger charge is -2.10. The largest absolute Gasteiger partial charge is 0.380 e. The maximum atomic E-state index is 12.4. The minimum Gasteiger partial charge on any atom is -0.380 e. The van der Waals surface area contributed by atoms with Crippen LogP contribution in [0.25, 0.3) is 0 Å². The van der Waals surface area contributed by atoms with Crippen LogP contribution in [0.3, 0.4) is 0 Å². The third-order valence-corrected chi connectivity index (χ3v) is 6.70. The van der Waals surface area contributed by atoms with Gasteiger partial charge in [0.05, 0.1) is 10.4 Å². The summed E-state index contributed by atoms with van der Waals surface area (Å²) in [5.41, 5.74) is 0. The Labute approximate surface area is 132 Å². The first-order chi connectivity index (χ1) is 9.38. The third-order valence-electron chi connectivity index (χ3n) is 2.93. The van der Waals surface area contributed by atoms with Gasteiger partial charge in [0.25, 0.3) is 0 Å². The first-order valence-corrected chi connectivity index (χ1v) is 9.59. The van der Waals surface area contributed by atoms with Gasteiger partial charge in [-0.25, -0.2) is 13.1 Å². The molecule has 1 atom stereocenters. The van der Waals surface area contributed by atoms with Crippen molar-refractivity contribution in [1.29, 1.82) is 0 Å². The maximum Gasteiger partial charge on any atom is 0.242 e. The van der Waals surface area contributed by atoms with Gasteiger partial charge in [-0.1, -0.05) is 13.8 Å². The Kier molecular flexibility index (Phi) is 5.61. The minimum atomic E-state index is -3.49. The van der Waals surface area contributed by atoms with Crippen LogP contribution in [0.5, 0.6) is 0 Å². The fourth-order valence-electron chi connectivity index (χ4n) is 1.88. The lowest BCUT2D eigenvalue weighted by Crippen LogP contribution is -2.34. The second-order valence-corrected chi connectivity index (χ2v) is 9.21. The summed E-state index contributed by atoms with van der Waals surface area (Å²) in [6, 6.07) is 1.97. The Bertz CT molecular complexity index is 551. The monoisotopic (exact) mass is 382 g/mol. The zero-order valence-corrected chi connectivity index (χ0v) is 14.7. The summed E-state index contributed by atoms with van der Waals surface area (Å²) in [5, 5.41) is 3.28. The molecule has 0 radical (unpaired) electrons. The molecule has 2 rings (SSSR count). The van der Waals surface area contributed by atoms with Gasteiger partial charge in [0.1, 0.15) is 4.90 Å². The normalized spacial score (nSPS) is 19.9. The summed E-state index contributed by atoms with van der Waals surface area (Å²) in [5.74, 6) is 0. The van der Waals surface area contributed by atoms with Crippen molar-refractivity contribution >= 4 is 37.3 Å². The van der Waals surface area contributed by atoms with Crippen LogP contribution in [0.15, 0.2) is 14.7 Å². The summed E-state index contributed by atoms with van der Waals surface area (Å²) in [7, 11) is -3.49. The number of hydrogen-bond donors (Lipinski definition) is 2. The van der Waals surface area contributed by atoms with E-state index < -0.39 is 10.0 Å². The molecular formula is C12H19BrN2O3S2. The Morgan fingerprint density at radius 2 is 2.30 bits per heavy atom. The van der Waals surface area contributed by atoms with Crippen LogP contribution in [0.1, 0.15) is 25.1 Å². The van der Waals surface area contributed by atoms with E-state index in [0.717, 1.165) is 11.3 Å². The molecule has 2 heterocycles. The van der Waals surface area contributed by atoms with Crippen LogP contribution >= 0.6 is 27.3 Å². The van der Waals surface area contributed by atoms with E-state index in [0.29, 0.717) is 34.5 Å². The van der Waals surface area contributed by atoms with Crippen molar-refractivity contribution in [2.24, 2.45) is 0 Å². The first-order valence-electron chi connectivity index (χ1n) is 6.50. The van der Waals surface area contributed by atoms with Crippen molar-refractivity contribution in [1.82, 2.24) is 10.0 Å². The van der Waals surface area contributed by atoms with E-state index in [2.05, 4.69) is 39.8 Å². The van der Waals surface area contributed by atoms with Crippen molar-refractivity contribution in [2.45, 2.75) is 43.8 Å². The number of ether oxygens (including phenoxy) is 1. The summed E-state index contributed by atoms with van der Waals surface area (Å²) < 4.78 is 33.2. The predicted molar refractivity (Wildman–Crippen MR) is 83.5 cm³/mol. The van der Waals surface area contributed by atoms with Gasteiger partial charge in [-0.2, -0.15) is 0 Å². The molecule has 1 saturated heterocycles. The average Bonchev–Trinajstić information content (AvgIpc) is 2.95. The van der Waals surface area contributed by atoms with Crippen LogP contribution < -0.4 is 10.0 Å². The second kappa shape index (κ2) is 6.85. The highest BCUT2D eigenvalue weighted by atomic mass is 79.9. The van der Waals surface area contributed by atoms with Gasteiger partial charge in [0.15, 0.2) is 0 Å². The Hall–Kier alpha value is 0.01000. The standard InChI is InChI=1S/C12H19BrN2O3S2/c1-8(2)14-6-10-5-11(12(13)19-10)20(16,17)15-9-3-4-18-7-9/h5,8-9,14-15H,3-4,6-7H2,1-2H3. The van der Waals surface area contributed by atoms with Crippen LogP contribution in [-0.4, -0.2) is 33.7 Å². The van der Waals surface area contributed by atoms with Crippen LogP contribution in [0.4, 0.5) is 0 Å². The topological polar surface area (TPSA) is 67.4 Å². The van der Waals surface area contributed by atoms with Crippen molar-refractivity contribution in [3.63, 3.8) is 0 Å². The Morgan fingerprint density at radius 1 is 1.55 bits per heavy atom. The molecule has 0 amide bonds. The molecule has 8 heteroatoms. The lowest BCUT2D eigenvalue weighted by atomic mass is 10.3. The Balaban J connectivity index is 2.10. The number of halogens is 1. The zero-order chi connectivity index (χ0) is 14.8.